The predicted octanol–water partition coefficient (Wildman–Crippen LogP) is 1.49. The van der Waals surface area contributed by atoms with Crippen molar-refractivity contribution in [2.45, 2.75) is 64.0 Å². The summed E-state index contributed by atoms with van der Waals surface area (Å²) in [6.07, 6.45) is 7.46. The fraction of sp³-hybridized carbons (Fsp3) is 0.933. The van der Waals surface area contributed by atoms with Crippen molar-refractivity contribution in [3.63, 3.8) is 0 Å². The van der Waals surface area contributed by atoms with E-state index >= 15 is 0 Å². The Morgan fingerprint density at radius 2 is 1.84 bits per heavy atom. The zero-order valence-corrected chi connectivity index (χ0v) is 12.5. The Kier molecular flexibility index (Phi) is 4.85. The summed E-state index contributed by atoms with van der Waals surface area (Å²) < 4.78 is 0. The molecule has 0 bridgehead atoms. The van der Waals surface area contributed by atoms with Crippen molar-refractivity contribution in [2.24, 2.45) is 11.7 Å². The van der Waals surface area contributed by atoms with E-state index in [1.165, 1.54) is 25.7 Å². The van der Waals surface area contributed by atoms with Crippen molar-refractivity contribution in [1.82, 2.24) is 10.2 Å². The monoisotopic (exact) mass is 267 g/mol. The van der Waals surface area contributed by atoms with Gasteiger partial charge in [-0.2, -0.15) is 0 Å². The standard InChI is InChI=1S/C15H29N3O/c1-12(2)15(16)10-18(11-15)9-14(19)17-13-7-5-3-4-6-8-13/h12-13H,3-11,16H2,1-2H3,(H,17,19). The fourth-order valence-corrected chi connectivity index (χ4v) is 3.16. The fourth-order valence-electron chi connectivity index (χ4n) is 3.16. The first-order valence-electron chi connectivity index (χ1n) is 7.80. The third-order valence-electron chi connectivity index (χ3n) is 4.77. The van der Waals surface area contributed by atoms with Gasteiger partial charge in [0.15, 0.2) is 0 Å². The number of nitrogens with one attached hydrogen (secondary N) is 1. The number of nitrogens with zero attached hydrogens (tertiary/aromatic N) is 1. The van der Waals surface area contributed by atoms with Gasteiger partial charge in [0.2, 0.25) is 5.91 Å². The minimum atomic E-state index is -0.0808. The summed E-state index contributed by atoms with van der Waals surface area (Å²) in [6, 6.07) is 0.406. The molecule has 0 unspecified atom stereocenters. The van der Waals surface area contributed by atoms with E-state index in [0.717, 1.165) is 25.9 Å². The Balaban J connectivity index is 1.68. The molecule has 2 fully saturated rings. The number of carbonyl (C=O) groups is 1. The van der Waals surface area contributed by atoms with Crippen molar-refractivity contribution < 1.29 is 4.79 Å². The highest BCUT2D eigenvalue weighted by molar-refractivity contribution is 5.78. The van der Waals surface area contributed by atoms with E-state index < -0.39 is 0 Å². The second-order valence-corrected chi connectivity index (χ2v) is 6.79. The normalized spacial score (nSPS) is 24.8. The maximum Gasteiger partial charge on any atom is 0.234 e. The molecule has 110 valence electrons. The number of likely N-dealkylation sites (tertiary alicyclic amines) is 1. The molecule has 0 aromatic carbocycles. The summed E-state index contributed by atoms with van der Waals surface area (Å²) >= 11 is 0. The predicted molar refractivity (Wildman–Crippen MR) is 77.8 cm³/mol. The van der Waals surface area contributed by atoms with E-state index in [1.807, 2.05) is 0 Å². The molecule has 1 aliphatic carbocycles. The number of amides is 1. The molecule has 1 heterocycles. The van der Waals surface area contributed by atoms with E-state index in [9.17, 15) is 4.79 Å². The maximum atomic E-state index is 12.0. The van der Waals surface area contributed by atoms with Crippen LogP contribution in [0, 0.1) is 5.92 Å². The molecule has 1 saturated heterocycles. The molecule has 0 atom stereocenters. The van der Waals surface area contributed by atoms with Gasteiger partial charge in [0.1, 0.15) is 0 Å². The molecule has 2 aliphatic rings. The lowest BCUT2D eigenvalue weighted by molar-refractivity contribution is -0.125. The summed E-state index contributed by atoms with van der Waals surface area (Å²) in [7, 11) is 0. The molecule has 0 radical (unpaired) electrons. The lowest BCUT2D eigenvalue weighted by Crippen LogP contribution is -2.70. The van der Waals surface area contributed by atoms with Gasteiger partial charge < -0.3 is 11.1 Å². The van der Waals surface area contributed by atoms with Crippen LogP contribution in [0.5, 0.6) is 0 Å². The van der Waals surface area contributed by atoms with E-state index in [0.29, 0.717) is 18.5 Å². The first-order chi connectivity index (χ1) is 8.99. The van der Waals surface area contributed by atoms with Crippen molar-refractivity contribution in [3.8, 4) is 0 Å². The minimum Gasteiger partial charge on any atom is -0.352 e. The van der Waals surface area contributed by atoms with Gasteiger partial charge >= 0.3 is 0 Å². The highest BCUT2D eigenvalue weighted by Gasteiger charge is 2.42. The highest BCUT2D eigenvalue weighted by atomic mass is 16.2. The molecule has 1 saturated carbocycles. The Morgan fingerprint density at radius 3 is 2.37 bits per heavy atom. The molecule has 4 heteroatoms. The molecule has 0 aromatic heterocycles. The smallest absolute Gasteiger partial charge is 0.234 e. The van der Waals surface area contributed by atoms with Gasteiger partial charge in [0.05, 0.1) is 6.54 Å². The van der Waals surface area contributed by atoms with Crippen LogP contribution in [-0.2, 0) is 4.79 Å². The average Bonchev–Trinajstić information content (AvgIpc) is 2.55. The number of nitrogens with two attached hydrogens (primary N) is 1. The lowest BCUT2D eigenvalue weighted by Gasteiger charge is -2.50. The maximum absolute atomic E-state index is 12.0. The molecule has 0 aromatic rings. The molecule has 3 N–H and O–H groups in total. The van der Waals surface area contributed by atoms with Crippen LogP contribution in [0.15, 0.2) is 0 Å². The summed E-state index contributed by atoms with van der Waals surface area (Å²) in [6.45, 7) is 6.53. The molecule has 4 nitrogen and oxygen atoms in total. The quantitative estimate of drug-likeness (QED) is 0.759. The van der Waals surface area contributed by atoms with Gasteiger partial charge in [-0.15, -0.1) is 0 Å². The van der Waals surface area contributed by atoms with Crippen molar-refractivity contribution in [3.05, 3.63) is 0 Å². The number of hydrogen-bond acceptors (Lipinski definition) is 3. The topological polar surface area (TPSA) is 58.4 Å². The first-order valence-corrected chi connectivity index (χ1v) is 7.80. The number of hydrogen-bond donors (Lipinski definition) is 2. The van der Waals surface area contributed by atoms with Gasteiger partial charge in [-0.05, 0) is 18.8 Å². The summed E-state index contributed by atoms with van der Waals surface area (Å²) in [5.41, 5.74) is 6.16. The average molecular weight is 267 g/mol. The summed E-state index contributed by atoms with van der Waals surface area (Å²) in [5, 5.41) is 3.19. The molecule has 19 heavy (non-hydrogen) atoms. The Labute approximate surface area is 117 Å². The van der Waals surface area contributed by atoms with E-state index in [4.69, 9.17) is 5.73 Å². The first kappa shape index (κ1) is 14.8. The SMILES string of the molecule is CC(C)C1(N)CN(CC(=O)NC2CCCCCC2)C1. The van der Waals surface area contributed by atoms with Gasteiger partial charge in [-0.1, -0.05) is 39.5 Å². The van der Waals surface area contributed by atoms with Crippen LogP contribution in [0.3, 0.4) is 0 Å². The lowest BCUT2D eigenvalue weighted by atomic mass is 9.80. The van der Waals surface area contributed by atoms with Crippen molar-refractivity contribution in [2.75, 3.05) is 19.6 Å². The van der Waals surface area contributed by atoms with Crippen LogP contribution in [0.2, 0.25) is 0 Å². The molecular weight excluding hydrogens is 238 g/mol. The molecule has 1 aliphatic heterocycles. The zero-order chi connectivity index (χ0) is 13.9. The second kappa shape index (κ2) is 6.23. The number of rotatable bonds is 4. The van der Waals surface area contributed by atoms with Gasteiger partial charge in [0, 0.05) is 24.7 Å². The zero-order valence-electron chi connectivity index (χ0n) is 12.5. The minimum absolute atomic E-state index is 0.0808. The van der Waals surface area contributed by atoms with Crippen LogP contribution in [0.4, 0.5) is 0 Å². The van der Waals surface area contributed by atoms with Crippen molar-refractivity contribution >= 4 is 5.91 Å². The Morgan fingerprint density at radius 1 is 1.26 bits per heavy atom. The number of carbonyl (C=O) groups excluding carboxylic acids is 1. The summed E-state index contributed by atoms with van der Waals surface area (Å²) in [5.74, 6) is 0.659. The van der Waals surface area contributed by atoms with Gasteiger partial charge in [-0.3, -0.25) is 9.69 Å². The molecule has 2 rings (SSSR count). The molecular formula is C15H29N3O. The summed E-state index contributed by atoms with van der Waals surface area (Å²) in [4.78, 5) is 14.2. The van der Waals surface area contributed by atoms with E-state index in [2.05, 4.69) is 24.1 Å². The van der Waals surface area contributed by atoms with Gasteiger partial charge in [-0.25, -0.2) is 0 Å². The molecule has 1 amide bonds. The van der Waals surface area contributed by atoms with E-state index in [1.54, 1.807) is 0 Å². The van der Waals surface area contributed by atoms with Crippen LogP contribution < -0.4 is 11.1 Å². The second-order valence-electron chi connectivity index (χ2n) is 6.79. The molecule has 0 spiro atoms. The van der Waals surface area contributed by atoms with Crippen molar-refractivity contribution in [1.29, 1.82) is 0 Å². The Bertz CT molecular complexity index is 303. The van der Waals surface area contributed by atoms with Crippen LogP contribution in [-0.4, -0.2) is 42.0 Å². The third kappa shape index (κ3) is 3.93. The highest BCUT2D eigenvalue weighted by Crippen LogP contribution is 2.25. The Hall–Kier alpha value is -0.610. The van der Waals surface area contributed by atoms with Crippen LogP contribution in [0.25, 0.3) is 0 Å². The van der Waals surface area contributed by atoms with E-state index in [-0.39, 0.29) is 11.4 Å². The van der Waals surface area contributed by atoms with Crippen LogP contribution >= 0.6 is 0 Å². The van der Waals surface area contributed by atoms with Crippen LogP contribution in [0.1, 0.15) is 52.4 Å². The largest absolute Gasteiger partial charge is 0.352 e. The third-order valence-corrected chi connectivity index (χ3v) is 4.77. The van der Waals surface area contributed by atoms with Gasteiger partial charge in [0.25, 0.3) is 0 Å².